The summed E-state index contributed by atoms with van der Waals surface area (Å²) in [6.45, 7) is 11.4. The Kier molecular flexibility index (Phi) is 8.23. The van der Waals surface area contributed by atoms with Gasteiger partial charge in [0.25, 0.3) is 0 Å². The molecule has 0 amide bonds. The molecule has 0 aliphatic rings. The van der Waals surface area contributed by atoms with Crippen molar-refractivity contribution in [2.24, 2.45) is 0 Å². The summed E-state index contributed by atoms with van der Waals surface area (Å²) in [7, 11) is -3.47. The molecule has 0 aliphatic heterocycles. The second-order valence-electron chi connectivity index (χ2n) is 6.94. The van der Waals surface area contributed by atoms with Crippen LogP contribution in [0.25, 0.3) is 0 Å². The lowest BCUT2D eigenvalue weighted by atomic mass is 10.1. The van der Waals surface area contributed by atoms with E-state index in [2.05, 4.69) is 18.6 Å². The van der Waals surface area contributed by atoms with Gasteiger partial charge in [-0.05, 0) is 38.8 Å². The lowest BCUT2D eigenvalue weighted by molar-refractivity contribution is -0.904. The number of nitrogens with one attached hydrogen (secondary N) is 2. The van der Waals surface area contributed by atoms with Gasteiger partial charge in [0.2, 0.25) is 10.0 Å². The lowest BCUT2D eigenvalue weighted by Gasteiger charge is -2.30. The van der Waals surface area contributed by atoms with Gasteiger partial charge in [-0.2, -0.15) is 4.72 Å². The van der Waals surface area contributed by atoms with Gasteiger partial charge in [0.1, 0.15) is 0 Å². The van der Waals surface area contributed by atoms with Crippen LogP contribution < -0.4 is 9.62 Å². The minimum absolute atomic E-state index is 0.330. The van der Waals surface area contributed by atoms with E-state index in [9.17, 15) is 8.42 Å². The van der Waals surface area contributed by atoms with Gasteiger partial charge in [-0.3, -0.25) is 0 Å². The maximum absolute atomic E-state index is 12.5. The molecule has 0 saturated carbocycles. The second kappa shape index (κ2) is 9.40. The molecular weight excluding hydrogens is 308 g/mol. The third kappa shape index (κ3) is 7.46. The molecule has 0 aliphatic carbocycles. The summed E-state index contributed by atoms with van der Waals surface area (Å²) in [6.07, 6.45) is 4.71. The summed E-state index contributed by atoms with van der Waals surface area (Å²) in [5.74, 6) is 0. The van der Waals surface area contributed by atoms with Gasteiger partial charge in [-0.25, -0.2) is 8.42 Å². The zero-order valence-electron chi connectivity index (χ0n) is 15.1. The molecule has 0 unspecified atom stereocenters. The molecule has 0 aromatic heterocycles. The van der Waals surface area contributed by atoms with Crippen molar-refractivity contribution in [2.45, 2.75) is 63.8 Å². The van der Waals surface area contributed by atoms with Crippen LogP contribution in [0.1, 0.15) is 53.4 Å². The predicted molar refractivity (Wildman–Crippen MR) is 96.2 cm³/mol. The molecular formula is C18H33N2O2S+. The highest BCUT2D eigenvalue weighted by Crippen LogP contribution is 2.11. The van der Waals surface area contributed by atoms with E-state index in [-0.39, 0.29) is 0 Å². The van der Waals surface area contributed by atoms with Gasteiger partial charge in [-0.15, -0.1) is 0 Å². The van der Waals surface area contributed by atoms with Crippen LogP contribution in [0.4, 0.5) is 0 Å². The van der Waals surface area contributed by atoms with Gasteiger partial charge < -0.3 is 4.90 Å². The average molecular weight is 342 g/mol. The number of hydrogen-bond donors (Lipinski definition) is 2. The first kappa shape index (κ1) is 20.1. The Morgan fingerprint density at radius 3 is 2.00 bits per heavy atom. The van der Waals surface area contributed by atoms with Crippen LogP contribution in [0.3, 0.4) is 0 Å². The van der Waals surface area contributed by atoms with Crippen LogP contribution >= 0.6 is 0 Å². The number of hydrogen-bond acceptors (Lipinski definition) is 2. The van der Waals surface area contributed by atoms with Crippen LogP contribution in [0.15, 0.2) is 35.2 Å². The zero-order valence-corrected chi connectivity index (χ0v) is 15.9. The molecule has 132 valence electrons. The van der Waals surface area contributed by atoms with E-state index in [1.807, 2.05) is 19.9 Å². The van der Waals surface area contributed by atoms with Crippen LogP contribution in [0, 0.1) is 0 Å². The van der Waals surface area contributed by atoms with E-state index in [1.54, 1.807) is 24.3 Å². The molecule has 1 aromatic rings. The molecule has 0 atom stereocenters. The predicted octanol–water partition coefficient (Wildman–Crippen LogP) is 2.23. The first-order valence-electron chi connectivity index (χ1n) is 8.73. The van der Waals surface area contributed by atoms with Crippen LogP contribution in [0.2, 0.25) is 0 Å². The summed E-state index contributed by atoms with van der Waals surface area (Å²) < 4.78 is 28.0. The fraction of sp³-hybridized carbons (Fsp3) is 0.667. The molecule has 0 bridgehead atoms. The molecule has 0 fully saturated rings. The number of sulfonamides is 1. The largest absolute Gasteiger partial charge is 0.333 e. The minimum Gasteiger partial charge on any atom is -0.333 e. The highest BCUT2D eigenvalue weighted by Gasteiger charge is 2.30. The van der Waals surface area contributed by atoms with E-state index in [4.69, 9.17) is 0 Å². The van der Waals surface area contributed by atoms with Crippen molar-refractivity contribution in [1.82, 2.24) is 4.72 Å². The summed E-state index contributed by atoms with van der Waals surface area (Å²) in [5.41, 5.74) is -0.467. The molecule has 23 heavy (non-hydrogen) atoms. The highest BCUT2D eigenvalue weighted by atomic mass is 32.2. The van der Waals surface area contributed by atoms with E-state index >= 15 is 0 Å². The quantitative estimate of drug-likeness (QED) is 0.648. The first-order chi connectivity index (χ1) is 10.8. The second-order valence-corrected chi connectivity index (χ2v) is 8.62. The van der Waals surface area contributed by atoms with Crippen molar-refractivity contribution in [3.05, 3.63) is 30.3 Å². The Balaban J connectivity index is 2.75. The Morgan fingerprint density at radius 2 is 1.52 bits per heavy atom. The van der Waals surface area contributed by atoms with E-state index in [0.29, 0.717) is 4.90 Å². The Hall–Kier alpha value is -0.910. The van der Waals surface area contributed by atoms with Gasteiger partial charge >= 0.3 is 0 Å². The lowest BCUT2D eigenvalue weighted by Crippen LogP contribution is -3.14. The molecule has 2 N–H and O–H groups in total. The van der Waals surface area contributed by atoms with Crippen LogP contribution in [0.5, 0.6) is 0 Å². The third-order valence-corrected chi connectivity index (χ3v) is 5.64. The summed E-state index contributed by atoms with van der Waals surface area (Å²) in [6, 6.07) is 8.60. The summed E-state index contributed by atoms with van der Waals surface area (Å²) in [5, 5.41) is 0. The number of quaternary nitrogens is 1. The molecule has 1 aromatic carbocycles. The van der Waals surface area contributed by atoms with Crippen molar-refractivity contribution >= 4 is 10.0 Å². The highest BCUT2D eigenvalue weighted by molar-refractivity contribution is 7.89. The SMILES string of the molecule is CCCC[NH+](CCCC)CC(C)(C)NS(=O)(=O)c1ccccc1. The summed E-state index contributed by atoms with van der Waals surface area (Å²) in [4.78, 5) is 1.81. The zero-order chi connectivity index (χ0) is 17.3. The van der Waals surface area contributed by atoms with E-state index < -0.39 is 15.6 Å². The Bertz CT molecular complexity index is 533. The number of benzene rings is 1. The first-order valence-corrected chi connectivity index (χ1v) is 10.2. The van der Waals surface area contributed by atoms with Crippen molar-refractivity contribution in [3.8, 4) is 0 Å². The topological polar surface area (TPSA) is 50.6 Å². The van der Waals surface area contributed by atoms with Gasteiger partial charge in [-0.1, -0.05) is 44.9 Å². The number of unbranched alkanes of at least 4 members (excludes halogenated alkanes) is 2. The molecule has 5 heteroatoms. The van der Waals surface area contributed by atoms with E-state index in [1.165, 1.54) is 30.6 Å². The van der Waals surface area contributed by atoms with Crippen molar-refractivity contribution in [3.63, 3.8) is 0 Å². The minimum atomic E-state index is -3.47. The molecule has 4 nitrogen and oxygen atoms in total. The van der Waals surface area contributed by atoms with Gasteiger partial charge in [0.05, 0.1) is 30.1 Å². The molecule has 1 rings (SSSR count). The molecule has 0 spiro atoms. The fourth-order valence-corrected chi connectivity index (χ4v) is 4.27. The van der Waals surface area contributed by atoms with E-state index in [0.717, 1.165) is 19.6 Å². The summed E-state index contributed by atoms with van der Waals surface area (Å²) >= 11 is 0. The Labute approximate surface area is 142 Å². The maximum atomic E-state index is 12.5. The van der Waals surface area contributed by atoms with Gasteiger partial charge in [0, 0.05) is 0 Å². The fourth-order valence-electron chi connectivity index (χ4n) is 2.84. The van der Waals surface area contributed by atoms with Crippen LogP contribution in [-0.2, 0) is 10.0 Å². The smallest absolute Gasteiger partial charge is 0.241 e. The molecule has 0 radical (unpaired) electrons. The monoisotopic (exact) mass is 341 g/mol. The van der Waals surface area contributed by atoms with Crippen LogP contribution in [-0.4, -0.2) is 33.6 Å². The number of rotatable bonds is 11. The molecule has 0 heterocycles. The van der Waals surface area contributed by atoms with Gasteiger partial charge in [0.15, 0.2) is 0 Å². The molecule has 0 saturated heterocycles. The third-order valence-electron chi connectivity index (χ3n) is 3.92. The van der Waals surface area contributed by atoms with Crippen molar-refractivity contribution in [2.75, 3.05) is 19.6 Å². The standard InChI is InChI=1S/C18H32N2O2S/c1-5-7-14-20(15-8-6-2)16-18(3,4)19-23(21,22)17-12-10-9-11-13-17/h9-13,19H,5-8,14-16H2,1-4H3/p+1. The maximum Gasteiger partial charge on any atom is 0.241 e. The normalized spacial score (nSPS) is 12.7. The Morgan fingerprint density at radius 1 is 1.00 bits per heavy atom. The van der Waals surface area contributed by atoms with Crippen molar-refractivity contribution in [1.29, 1.82) is 0 Å². The van der Waals surface area contributed by atoms with Crippen molar-refractivity contribution < 1.29 is 13.3 Å². The average Bonchev–Trinajstić information content (AvgIpc) is 2.49.